The van der Waals surface area contributed by atoms with E-state index < -0.39 is 0 Å². The Bertz CT molecular complexity index is 922. The molecule has 0 fully saturated rings. The molecule has 0 atom stereocenters. The van der Waals surface area contributed by atoms with Gasteiger partial charge in [0.1, 0.15) is 5.69 Å². The fraction of sp³-hybridized carbons (Fsp3) is 0.118. The number of nitrogens with zero attached hydrogens (tertiary/aromatic N) is 2. The van der Waals surface area contributed by atoms with Crippen LogP contribution in [0.3, 0.4) is 0 Å². The lowest BCUT2D eigenvalue weighted by molar-refractivity contribution is 0.0778. The lowest BCUT2D eigenvalue weighted by Crippen LogP contribution is -2.28. The van der Waals surface area contributed by atoms with Crippen LogP contribution < -0.4 is 5.43 Å². The van der Waals surface area contributed by atoms with Crippen molar-refractivity contribution in [2.75, 3.05) is 7.05 Å². The Labute approximate surface area is 141 Å². The third kappa shape index (κ3) is 3.32. The zero-order valence-electron chi connectivity index (χ0n) is 12.4. The number of benzene rings is 1. The number of hydrogen-bond donors (Lipinski definition) is 1. The second-order valence-corrected chi connectivity index (χ2v) is 6.14. The van der Waals surface area contributed by atoms with Gasteiger partial charge in [0, 0.05) is 34.7 Å². The van der Waals surface area contributed by atoms with E-state index in [0.29, 0.717) is 17.4 Å². The number of carbonyl (C=O) groups is 1. The van der Waals surface area contributed by atoms with Crippen molar-refractivity contribution in [3.05, 3.63) is 74.7 Å². The molecule has 116 valence electrons. The van der Waals surface area contributed by atoms with Gasteiger partial charge in [-0.05, 0) is 30.3 Å². The molecular formula is C17H14BrN3O2. The molecule has 1 amide bonds. The molecule has 0 bridgehead atoms. The van der Waals surface area contributed by atoms with Crippen LogP contribution in [0, 0.1) is 0 Å². The largest absolute Gasteiger partial charge is 0.350 e. The average molecular weight is 372 g/mol. The molecule has 2 aromatic heterocycles. The fourth-order valence-electron chi connectivity index (χ4n) is 2.35. The van der Waals surface area contributed by atoms with Crippen LogP contribution in [-0.4, -0.2) is 27.8 Å². The Kier molecular flexibility index (Phi) is 4.25. The van der Waals surface area contributed by atoms with Crippen LogP contribution in [0.4, 0.5) is 0 Å². The number of rotatable bonds is 3. The Balaban J connectivity index is 1.91. The van der Waals surface area contributed by atoms with Crippen molar-refractivity contribution in [2.45, 2.75) is 6.54 Å². The summed E-state index contributed by atoms with van der Waals surface area (Å²) in [6.45, 7) is 0.375. The van der Waals surface area contributed by atoms with Crippen molar-refractivity contribution in [3.8, 4) is 0 Å². The summed E-state index contributed by atoms with van der Waals surface area (Å²) >= 11 is 3.34. The second kappa shape index (κ2) is 6.34. The predicted octanol–water partition coefficient (Wildman–Crippen LogP) is 2.96. The number of pyridine rings is 2. The maximum absolute atomic E-state index is 12.5. The van der Waals surface area contributed by atoms with Gasteiger partial charge in [-0.15, -0.1) is 0 Å². The highest BCUT2D eigenvalue weighted by atomic mass is 79.9. The SMILES string of the molecule is CN(Cc1ccccn1)C(=O)c1cc(=O)c2cc(Br)ccc2[nH]1. The molecule has 1 aromatic carbocycles. The van der Waals surface area contributed by atoms with Crippen molar-refractivity contribution in [2.24, 2.45) is 0 Å². The summed E-state index contributed by atoms with van der Waals surface area (Å²) in [4.78, 5) is 33.5. The van der Waals surface area contributed by atoms with Crippen molar-refractivity contribution >= 4 is 32.7 Å². The van der Waals surface area contributed by atoms with E-state index in [-0.39, 0.29) is 17.0 Å². The summed E-state index contributed by atoms with van der Waals surface area (Å²) < 4.78 is 0.821. The Morgan fingerprint density at radius 1 is 1.26 bits per heavy atom. The summed E-state index contributed by atoms with van der Waals surface area (Å²) in [5.41, 5.74) is 1.50. The fourth-order valence-corrected chi connectivity index (χ4v) is 2.71. The molecule has 0 radical (unpaired) electrons. The first-order valence-electron chi connectivity index (χ1n) is 7.02. The lowest BCUT2D eigenvalue weighted by Gasteiger charge is -2.16. The maximum atomic E-state index is 12.5. The van der Waals surface area contributed by atoms with Gasteiger partial charge in [-0.25, -0.2) is 0 Å². The molecule has 0 spiro atoms. The average Bonchev–Trinajstić information content (AvgIpc) is 2.55. The van der Waals surface area contributed by atoms with E-state index in [9.17, 15) is 9.59 Å². The smallest absolute Gasteiger partial charge is 0.270 e. The van der Waals surface area contributed by atoms with Gasteiger partial charge in [-0.3, -0.25) is 14.6 Å². The number of aromatic amines is 1. The molecule has 0 saturated heterocycles. The van der Waals surface area contributed by atoms with Gasteiger partial charge in [0.15, 0.2) is 5.43 Å². The minimum absolute atomic E-state index is 0.186. The highest BCUT2D eigenvalue weighted by molar-refractivity contribution is 9.10. The first-order chi connectivity index (χ1) is 11.0. The van der Waals surface area contributed by atoms with Crippen molar-refractivity contribution < 1.29 is 4.79 Å². The molecule has 23 heavy (non-hydrogen) atoms. The summed E-state index contributed by atoms with van der Waals surface area (Å²) in [7, 11) is 1.68. The second-order valence-electron chi connectivity index (χ2n) is 5.22. The van der Waals surface area contributed by atoms with Crippen LogP contribution in [0.5, 0.6) is 0 Å². The summed E-state index contributed by atoms with van der Waals surface area (Å²) in [5, 5.41) is 0.545. The standard InChI is InChI=1S/C17H14BrN3O2/c1-21(10-12-4-2-3-7-19-12)17(23)15-9-16(22)13-8-11(18)5-6-14(13)20-15/h2-9H,10H2,1H3,(H,20,22). The molecule has 0 saturated carbocycles. The van der Waals surface area contributed by atoms with Crippen LogP contribution in [0.25, 0.3) is 10.9 Å². The molecule has 2 heterocycles. The summed E-state index contributed by atoms with van der Waals surface area (Å²) in [6, 6.07) is 12.2. The van der Waals surface area contributed by atoms with E-state index in [1.165, 1.54) is 11.0 Å². The molecule has 1 N–H and O–H groups in total. The first-order valence-corrected chi connectivity index (χ1v) is 7.82. The monoisotopic (exact) mass is 371 g/mol. The highest BCUT2D eigenvalue weighted by Crippen LogP contribution is 2.16. The Morgan fingerprint density at radius 2 is 2.09 bits per heavy atom. The van der Waals surface area contributed by atoms with E-state index in [1.54, 1.807) is 25.4 Å². The van der Waals surface area contributed by atoms with Crippen molar-refractivity contribution in [1.82, 2.24) is 14.9 Å². The number of H-pyrrole nitrogens is 1. The van der Waals surface area contributed by atoms with E-state index in [4.69, 9.17) is 0 Å². The van der Waals surface area contributed by atoms with E-state index in [1.807, 2.05) is 24.3 Å². The Morgan fingerprint density at radius 3 is 2.83 bits per heavy atom. The number of carbonyl (C=O) groups excluding carboxylic acids is 1. The predicted molar refractivity (Wildman–Crippen MR) is 92.3 cm³/mol. The van der Waals surface area contributed by atoms with E-state index >= 15 is 0 Å². The van der Waals surface area contributed by atoms with Crippen molar-refractivity contribution in [3.63, 3.8) is 0 Å². The number of aromatic nitrogens is 2. The lowest BCUT2D eigenvalue weighted by atomic mass is 10.2. The van der Waals surface area contributed by atoms with Gasteiger partial charge in [-0.2, -0.15) is 0 Å². The number of fused-ring (bicyclic) bond motifs is 1. The number of nitrogens with one attached hydrogen (secondary N) is 1. The normalized spacial score (nSPS) is 10.7. The van der Waals surface area contributed by atoms with Crippen LogP contribution in [0.2, 0.25) is 0 Å². The quantitative estimate of drug-likeness (QED) is 0.769. The van der Waals surface area contributed by atoms with Gasteiger partial charge < -0.3 is 9.88 Å². The minimum Gasteiger partial charge on any atom is -0.350 e. The zero-order valence-corrected chi connectivity index (χ0v) is 14.0. The molecule has 3 aromatic rings. The molecule has 0 aliphatic carbocycles. The molecule has 0 aliphatic heterocycles. The van der Waals surface area contributed by atoms with Gasteiger partial charge in [0.2, 0.25) is 0 Å². The zero-order chi connectivity index (χ0) is 16.4. The van der Waals surface area contributed by atoms with Crippen LogP contribution >= 0.6 is 15.9 Å². The molecule has 0 unspecified atom stereocenters. The number of hydrogen-bond acceptors (Lipinski definition) is 3. The van der Waals surface area contributed by atoms with E-state index in [0.717, 1.165) is 10.2 Å². The molecule has 0 aliphatic rings. The molecule has 6 heteroatoms. The van der Waals surface area contributed by atoms with Crippen LogP contribution in [0.1, 0.15) is 16.2 Å². The maximum Gasteiger partial charge on any atom is 0.270 e. The summed E-state index contributed by atoms with van der Waals surface area (Å²) in [6.07, 6.45) is 1.68. The topological polar surface area (TPSA) is 66.1 Å². The number of amides is 1. The number of halogens is 1. The highest BCUT2D eigenvalue weighted by Gasteiger charge is 2.15. The van der Waals surface area contributed by atoms with Gasteiger partial charge in [0.25, 0.3) is 5.91 Å². The molecule has 5 nitrogen and oxygen atoms in total. The molecular weight excluding hydrogens is 358 g/mol. The third-order valence-electron chi connectivity index (χ3n) is 3.49. The first kappa shape index (κ1) is 15.4. The third-order valence-corrected chi connectivity index (χ3v) is 3.99. The van der Waals surface area contributed by atoms with Gasteiger partial charge in [-0.1, -0.05) is 22.0 Å². The van der Waals surface area contributed by atoms with Crippen molar-refractivity contribution in [1.29, 1.82) is 0 Å². The minimum atomic E-state index is -0.252. The molecule has 3 rings (SSSR count). The van der Waals surface area contributed by atoms with E-state index in [2.05, 4.69) is 25.9 Å². The summed E-state index contributed by atoms with van der Waals surface area (Å²) in [5.74, 6) is -0.252. The van der Waals surface area contributed by atoms with Gasteiger partial charge in [0.05, 0.1) is 12.2 Å². The van der Waals surface area contributed by atoms with Crippen LogP contribution in [0.15, 0.2) is 57.9 Å². The van der Waals surface area contributed by atoms with Gasteiger partial charge >= 0.3 is 0 Å². The Hall–Kier alpha value is -2.47. The van der Waals surface area contributed by atoms with Crippen LogP contribution in [-0.2, 0) is 6.54 Å².